The number of aromatic nitrogens is 1. The Morgan fingerprint density at radius 3 is 2.37 bits per heavy atom. The fourth-order valence-corrected chi connectivity index (χ4v) is 4.58. The van der Waals surface area contributed by atoms with Crippen LogP contribution in [-0.4, -0.2) is 65.7 Å². The molecule has 1 aliphatic rings. The van der Waals surface area contributed by atoms with Gasteiger partial charge in [-0.2, -0.15) is 0 Å². The number of oxazole rings is 1. The maximum absolute atomic E-state index is 13.4. The molecule has 2 amide bonds. The van der Waals surface area contributed by atoms with Crippen LogP contribution in [0.4, 0.5) is 5.69 Å². The van der Waals surface area contributed by atoms with E-state index in [0.717, 1.165) is 5.56 Å². The van der Waals surface area contributed by atoms with Gasteiger partial charge in [0.25, 0.3) is 5.91 Å². The van der Waals surface area contributed by atoms with Crippen molar-refractivity contribution >= 4 is 41.0 Å². The van der Waals surface area contributed by atoms with Crippen LogP contribution in [0.3, 0.4) is 0 Å². The summed E-state index contributed by atoms with van der Waals surface area (Å²) >= 11 is 0. The van der Waals surface area contributed by atoms with Crippen molar-refractivity contribution in [2.24, 2.45) is 7.05 Å². The van der Waals surface area contributed by atoms with E-state index >= 15 is 0 Å². The Balaban J connectivity index is 0.00000400. The highest BCUT2D eigenvalue weighted by Crippen LogP contribution is 2.27. The first kappa shape index (κ1) is 29.2. The predicted octanol–water partition coefficient (Wildman–Crippen LogP) is 2.17. The molecule has 0 aliphatic carbocycles. The molecule has 0 saturated heterocycles. The van der Waals surface area contributed by atoms with E-state index in [-0.39, 0.29) is 37.3 Å². The minimum Gasteiger partial charge on any atom is -0.408 e. The van der Waals surface area contributed by atoms with Crippen LogP contribution in [-0.2, 0) is 29.7 Å². The average molecular weight is 545 g/mol. The number of benzene rings is 2. The Morgan fingerprint density at radius 2 is 1.74 bits per heavy atom. The lowest BCUT2D eigenvalue weighted by molar-refractivity contribution is -0.145. The zero-order valence-electron chi connectivity index (χ0n) is 22.6. The average Bonchev–Trinajstić information content (AvgIpc) is 3.41. The smallest absolute Gasteiger partial charge is 0.408 e. The van der Waals surface area contributed by atoms with Crippen molar-refractivity contribution in [2.45, 2.75) is 39.9 Å². The number of carbonyl (C=O) groups is 2. The van der Waals surface area contributed by atoms with E-state index in [9.17, 15) is 14.4 Å². The fraction of sp³-hybridized carbons (Fsp3) is 0.444. The lowest BCUT2D eigenvalue weighted by Gasteiger charge is -2.32. The van der Waals surface area contributed by atoms with Crippen molar-refractivity contribution in [2.75, 3.05) is 38.1 Å². The van der Waals surface area contributed by atoms with Crippen molar-refractivity contribution in [1.82, 2.24) is 25.2 Å². The minimum atomic E-state index is -0.460. The second-order valence-electron chi connectivity index (χ2n) is 9.86. The molecule has 0 fully saturated rings. The summed E-state index contributed by atoms with van der Waals surface area (Å²) in [7, 11) is 3.41. The highest BCUT2D eigenvalue weighted by Gasteiger charge is 2.27. The summed E-state index contributed by atoms with van der Waals surface area (Å²) in [5.41, 5.74) is 4.98. The first-order chi connectivity index (χ1) is 17.6. The molecular formula is C27H37ClN6O4. The van der Waals surface area contributed by atoms with E-state index in [2.05, 4.69) is 22.8 Å². The molecule has 0 atom stereocenters. The highest BCUT2D eigenvalue weighted by molar-refractivity contribution is 5.89. The SMILES string of the molecule is Cc1cc2c(cc1N(CC(=O)NCCNC(C)C)CC(=O)N(C)N1Cc3ccccc3C1)oc(=O)n2C.Cl. The van der Waals surface area contributed by atoms with Crippen molar-refractivity contribution in [3.63, 3.8) is 0 Å². The Kier molecular flexibility index (Phi) is 9.59. The molecule has 1 aromatic heterocycles. The lowest BCUT2D eigenvalue weighted by atomic mass is 10.1. The number of anilines is 1. The van der Waals surface area contributed by atoms with Gasteiger partial charge >= 0.3 is 5.76 Å². The summed E-state index contributed by atoms with van der Waals surface area (Å²) < 4.78 is 6.83. The van der Waals surface area contributed by atoms with Gasteiger partial charge in [-0.1, -0.05) is 38.1 Å². The van der Waals surface area contributed by atoms with E-state index in [0.29, 0.717) is 49.0 Å². The van der Waals surface area contributed by atoms with Crippen LogP contribution in [0.5, 0.6) is 0 Å². The van der Waals surface area contributed by atoms with Crippen molar-refractivity contribution in [3.8, 4) is 0 Å². The molecule has 206 valence electrons. The number of likely N-dealkylation sites (N-methyl/N-ethyl adjacent to an activating group) is 1. The summed E-state index contributed by atoms with van der Waals surface area (Å²) in [6.45, 7) is 8.42. The number of nitrogens with zero attached hydrogens (tertiary/aromatic N) is 4. The first-order valence-corrected chi connectivity index (χ1v) is 12.6. The Bertz CT molecular complexity index is 1330. The zero-order chi connectivity index (χ0) is 26.7. The Morgan fingerprint density at radius 1 is 1.08 bits per heavy atom. The topological polar surface area (TPSA) is 103 Å². The molecule has 0 radical (unpaired) electrons. The van der Waals surface area contributed by atoms with E-state index in [1.54, 1.807) is 30.1 Å². The van der Waals surface area contributed by atoms with Gasteiger partial charge in [0.1, 0.15) is 0 Å². The quantitative estimate of drug-likeness (QED) is 0.377. The highest BCUT2D eigenvalue weighted by atomic mass is 35.5. The monoisotopic (exact) mass is 544 g/mol. The van der Waals surface area contributed by atoms with Gasteiger partial charge in [0.05, 0.1) is 18.6 Å². The normalized spacial score (nSPS) is 12.9. The molecular weight excluding hydrogens is 508 g/mol. The zero-order valence-corrected chi connectivity index (χ0v) is 23.4. The lowest BCUT2D eigenvalue weighted by Crippen LogP contribution is -2.48. The van der Waals surface area contributed by atoms with Crippen molar-refractivity contribution < 1.29 is 14.0 Å². The van der Waals surface area contributed by atoms with E-state index in [1.807, 2.05) is 44.0 Å². The molecule has 0 saturated carbocycles. The second kappa shape index (κ2) is 12.5. The van der Waals surface area contributed by atoms with E-state index < -0.39 is 5.76 Å². The number of nitrogens with one attached hydrogen (secondary N) is 2. The molecule has 10 nitrogen and oxygen atoms in total. The number of hydrogen-bond acceptors (Lipinski definition) is 7. The molecule has 0 bridgehead atoms. The molecule has 4 rings (SSSR count). The van der Waals surface area contributed by atoms with Crippen LogP contribution in [0, 0.1) is 6.92 Å². The summed E-state index contributed by atoms with van der Waals surface area (Å²) in [4.78, 5) is 40.1. The number of rotatable bonds is 10. The third kappa shape index (κ3) is 6.56. The summed E-state index contributed by atoms with van der Waals surface area (Å²) in [5, 5.41) is 9.82. The van der Waals surface area contributed by atoms with Gasteiger partial charge < -0.3 is 20.0 Å². The molecule has 3 aromatic rings. The van der Waals surface area contributed by atoms with E-state index in [1.165, 1.54) is 15.7 Å². The molecule has 2 heterocycles. The van der Waals surface area contributed by atoms with Gasteiger partial charge in [0, 0.05) is 58.1 Å². The maximum Gasteiger partial charge on any atom is 0.419 e. The van der Waals surface area contributed by atoms with Gasteiger partial charge in [0.2, 0.25) is 5.91 Å². The van der Waals surface area contributed by atoms with Crippen LogP contribution in [0.2, 0.25) is 0 Å². The molecule has 11 heteroatoms. The second-order valence-corrected chi connectivity index (χ2v) is 9.86. The van der Waals surface area contributed by atoms with Crippen LogP contribution in [0.1, 0.15) is 30.5 Å². The minimum absolute atomic E-state index is 0. The van der Waals surface area contributed by atoms with Gasteiger partial charge in [-0.05, 0) is 29.7 Å². The fourth-order valence-electron chi connectivity index (χ4n) is 4.58. The number of aryl methyl sites for hydroxylation is 2. The molecule has 38 heavy (non-hydrogen) atoms. The summed E-state index contributed by atoms with van der Waals surface area (Å²) in [6.07, 6.45) is 0. The number of hydrazine groups is 1. The van der Waals surface area contributed by atoms with Crippen LogP contribution in [0.25, 0.3) is 11.1 Å². The number of carbonyl (C=O) groups excluding carboxylic acids is 2. The third-order valence-electron chi connectivity index (χ3n) is 6.72. The number of fused-ring (bicyclic) bond motifs is 2. The Labute approximate surface area is 228 Å². The third-order valence-corrected chi connectivity index (χ3v) is 6.72. The predicted molar refractivity (Wildman–Crippen MR) is 150 cm³/mol. The van der Waals surface area contributed by atoms with Crippen LogP contribution in [0.15, 0.2) is 45.6 Å². The largest absolute Gasteiger partial charge is 0.419 e. The van der Waals surface area contributed by atoms with Crippen molar-refractivity contribution in [1.29, 1.82) is 0 Å². The number of halogens is 1. The maximum atomic E-state index is 13.4. The first-order valence-electron chi connectivity index (χ1n) is 12.6. The molecule has 1 aliphatic heterocycles. The van der Waals surface area contributed by atoms with Gasteiger partial charge in [-0.25, -0.2) is 9.80 Å². The van der Waals surface area contributed by atoms with Crippen LogP contribution < -0.4 is 21.3 Å². The van der Waals surface area contributed by atoms with Gasteiger partial charge in [-0.15, -0.1) is 12.4 Å². The summed E-state index contributed by atoms with van der Waals surface area (Å²) in [6, 6.07) is 12.1. The van der Waals surface area contributed by atoms with Crippen molar-refractivity contribution in [3.05, 3.63) is 63.6 Å². The van der Waals surface area contributed by atoms with Crippen LogP contribution >= 0.6 is 12.4 Å². The standard InChI is InChI=1S/C27H36N6O4.ClH/c1-18(2)28-10-11-29-25(34)16-32(22-13-24-23(12-19(22)3)30(4)27(36)37-24)17-26(35)31(5)33-14-20-8-6-7-9-21(20)15-33;/h6-9,12-13,18,28H,10-11,14-17H2,1-5H3,(H,29,34);1H. The van der Waals surface area contributed by atoms with E-state index in [4.69, 9.17) is 4.42 Å². The molecule has 0 unspecified atom stereocenters. The van der Waals surface area contributed by atoms with Gasteiger partial charge in [0.15, 0.2) is 5.58 Å². The number of amides is 2. The molecule has 2 N–H and O–H groups in total. The molecule has 2 aromatic carbocycles. The summed E-state index contributed by atoms with van der Waals surface area (Å²) in [5.74, 6) is -0.794. The Hall–Kier alpha value is -3.34. The number of hydrogen-bond donors (Lipinski definition) is 2. The van der Waals surface area contributed by atoms with Gasteiger partial charge in [-0.3, -0.25) is 19.2 Å². The molecule has 0 spiro atoms.